The van der Waals surface area contributed by atoms with Crippen LogP contribution in [0.25, 0.3) is 0 Å². The molecule has 2 aromatic carbocycles. The van der Waals surface area contributed by atoms with E-state index in [1.54, 1.807) is 19.1 Å². The fourth-order valence-corrected chi connectivity index (χ4v) is 5.30. The first-order valence-electron chi connectivity index (χ1n) is 12.4. The summed E-state index contributed by atoms with van der Waals surface area (Å²) in [6.07, 6.45) is 5.01. The van der Waals surface area contributed by atoms with Crippen molar-refractivity contribution in [1.82, 2.24) is 10.2 Å². The Morgan fingerprint density at radius 1 is 1.05 bits per heavy atom. The zero-order chi connectivity index (χ0) is 27.2. The fraction of sp³-hybridized carbons (Fsp3) is 0.481. The minimum absolute atomic E-state index is 0.0994. The highest BCUT2D eigenvalue weighted by atomic mass is 32.2. The Hall–Kier alpha value is -3.27. The van der Waals surface area contributed by atoms with Crippen LogP contribution in [0, 0.1) is 6.92 Å². The number of methoxy groups -OCH3 is 2. The molecular formula is C27H37N3O6S. The molecule has 2 amide bonds. The second kappa shape index (κ2) is 12.3. The number of nitrogens with one attached hydrogen (secondary N) is 1. The molecule has 0 bridgehead atoms. The summed E-state index contributed by atoms with van der Waals surface area (Å²) in [5.41, 5.74) is 2.12. The number of hydrogen-bond donors (Lipinski definition) is 1. The number of rotatable bonds is 11. The topological polar surface area (TPSA) is 105 Å². The first kappa shape index (κ1) is 28.3. The largest absolute Gasteiger partial charge is 0.497 e. The molecule has 1 atom stereocenters. The molecule has 202 valence electrons. The molecule has 0 saturated heterocycles. The number of nitrogens with zero attached hydrogens (tertiary/aromatic N) is 2. The molecular weight excluding hydrogens is 494 g/mol. The van der Waals surface area contributed by atoms with Crippen molar-refractivity contribution < 1.29 is 27.5 Å². The van der Waals surface area contributed by atoms with E-state index in [1.807, 2.05) is 31.2 Å². The molecule has 0 aromatic heterocycles. The third kappa shape index (κ3) is 7.38. The van der Waals surface area contributed by atoms with Gasteiger partial charge >= 0.3 is 0 Å². The summed E-state index contributed by atoms with van der Waals surface area (Å²) < 4.78 is 37.3. The average molecular weight is 532 g/mol. The number of ether oxygens (including phenoxy) is 2. The minimum Gasteiger partial charge on any atom is -0.497 e. The van der Waals surface area contributed by atoms with Crippen LogP contribution >= 0.6 is 0 Å². The quantitative estimate of drug-likeness (QED) is 0.477. The number of hydrogen-bond acceptors (Lipinski definition) is 6. The van der Waals surface area contributed by atoms with E-state index in [0.717, 1.165) is 47.4 Å². The number of carbonyl (C=O) groups excluding carboxylic acids is 2. The smallest absolute Gasteiger partial charge is 0.244 e. The zero-order valence-electron chi connectivity index (χ0n) is 22.2. The van der Waals surface area contributed by atoms with E-state index < -0.39 is 28.5 Å². The van der Waals surface area contributed by atoms with Crippen molar-refractivity contribution in [2.75, 3.05) is 31.3 Å². The molecule has 37 heavy (non-hydrogen) atoms. The maximum absolute atomic E-state index is 13.7. The molecule has 1 aliphatic carbocycles. The predicted octanol–water partition coefficient (Wildman–Crippen LogP) is 3.25. The Morgan fingerprint density at radius 3 is 2.27 bits per heavy atom. The summed E-state index contributed by atoms with van der Waals surface area (Å²) in [5, 5.41) is 3.06. The third-order valence-electron chi connectivity index (χ3n) is 6.68. The second-order valence-electron chi connectivity index (χ2n) is 9.48. The highest BCUT2D eigenvalue weighted by molar-refractivity contribution is 7.92. The molecule has 10 heteroatoms. The lowest BCUT2D eigenvalue weighted by atomic mass is 10.1. The van der Waals surface area contributed by atoms with Crippen LogP contribution in [-0.4, -0.2) is 64.2 Å². The van der Waals surface area contributed by atoms with Crippen LogP contribution in [0.4, 0.5) is 5.69 Å². The number of aryl methyl sites for hydroxylation is 1. The predicted molar refractivity (Wildman–Crippen MR) is 143 cm³/mol. The number of sulfonamides is 1. The number of benzene rings is 2. The molecule has 0 radical (unpaired) electrons. The Bertz CT molecular complexity index is 1190. The molecule has 1 N–H and O–H groups in total. The summed E-state index contributed by atoms with van der Waals surface area (Å²) >= 11 is 0. The summed E-state index contributed by atoms with van der Waals surface area (Å²) in [4.78, 5) is 28.3. The fourth-order valence-electron chi connectivity index (χ4n) is 4.45. The van der Waals surface area contributed by atoms with Gasteiger partial charge in [-0.1, -0.05) is 42.7 Å². The van der Waals surface area contributed by atoms with Gasteiger partial charge in [0.25, 0.3) is 0 Å². The van der Waals surface area contributed by atoms with Crippen LogP contribution in [0.1, 0.15) is 43.7 Å². The van der Waals surface area contributed by atoms with E-state index >= 15 is 0 Å². The maximum atomic E-state index is 13.7. The van der Waals surface area contributed by atoms with E-state index in [0.29, 0.717) is 5.75 Å². The van der Waals surface area contributed by atoms with E-state index in [1.165, 1.54) is 25.2 Å². The van der Waals surface area contributed by atoms with Crippen molar-refractivity contribution in [1.29, 1.82) is 0 Å². The van der Waals surface area contributed by atoms with Crippen LogP contribution in [0.2, 0.25) is 0 Å². The third-order valence-corrected chi connectivity index (χ3v) is 7.80. The van der Waals surface area contributed by atoms with Crippen molar-refractivity contribution in [2.45, 2.75) is 58.2 Å². The maximum Gasteiger partial charge on any atom is 0.244 e. The molecule has 1 aliphatic rings. The molecule has 3 rings (SSSR count). The van der Waals surface area contributed by atoms with Gasteiger partial charge in [-0.25, -0.2) is 8.42 Å². The van der Waals surface area contributed by atoms with Gasteiger partial charge in [0.05, 0.1) is 26.2 Å². The molecule has 0 spiro atoms. The molecule has 1 saturated carbocycles. The molecule has 0 heterocycles. The standard InChI is InChI=1S/C27H37N3O6S/c1-19-10-12-21(13-11-19)17-29(20(2)27(32)28-22-8-6-7-9-22)26(31)18-30(37(5,33)34)24-15-14-23(35-3)16-25(24)36-4/h10-16,20,22H,6-9,17-18H2,1-5H3,(H,28,32)/t20-/m1/s1. The van der Waals surface area contributed by atoms with Crippen molar-refractivity contribution in [2.24, 2.45) is 0 Å². The van der Waals surface area contributed by atoms with Gasteiger partial charge in [-0.05, 0) is 44.4 Å². The van der Waals surface area contributed by atoms with Crippen molar-refractivity contribution in [3.05, 3.63) is 53.6 Å². The summed E-state index contributed by atoms with van der Waals surface area (Å²) in [5.74, 6) is -0.0218. The highest BCUT2D eigenvalue weighted by Crippen LogP contribution is 2.33. The van der Waals surface area contributed by atoms with Gasteiger partial charge in [0.1, 0.15) is 24.1 Å². The van der Waals surface area contributed by atoms with Gasteiger partial charge in [0, 0.05) is 18.7 Å². The highest BCUT2D eigenvalue weighted by Gasteiger charge is 2.32. The molecule has 0 aliphatic heterocycles. The summed E-state index contributed by atoms with van der Waals surface area (Å²) in [7, 11) is -0.968. The van der Waals surface area contributed by atoms with Crippen LogP contribution in [-0.2, 0) is 26.2 Å². The zero-order valence-corrected chi connectivity index (χ0v) is 23.0. The van der Waals surface area contributed by atoms with E-state index in [2.05, 4.69) is 5.32 Å². The lowest BCUT2D eigenvalue weighted by Gasteiger charge is -2.32. The first-order valence-corrected chi connectivity index (χ1v) is 14.2. The van der Waals surface area contributed by atoms with Crippen molar-refractivity contribution in [3.8, 4) is 11.5 Å². The number of carbonyl (C=O) groups is 2. The lowest BCUT2D eigenvalue weighted by Crippen LogP contribution is -2.52. The van der Waals surface area contributed by atoms with Gasteiger partial charge in [-0.2, -0.15) is 0 Å². The van der Waals surface area contributed by atoms with E-state index in [4.69, 9.17) is 9.47 Å². The van der Waals surface area contributed by atoms with E-state index in [-0.39, 0.29) is 29.9 Å². The average Bonchev–Trinajstić information content (AvgIpc) is 3.38. The number of amides is 2. The summed E-state index contributed by atoms with van der Waals surface area (Å²) in [6, 6.07) is 11.7. The Morgan fingerprint density at radius 2 is 1.70 bits per heavy atom. The monoisotopic (exact) mass is 531 g/mol. The Kier molecular flexibility index (Phi) is 9.42. The molecule has 1 fully saturated rings. The number of anilines is 1. The van der Waals surface area contributed by atoms with Crippen LogP contribution in [0.15, 0.2) is 42.5 Å². The van der Waals surface area contributed by atoms with E-state index in [9.17, 15) is 18.0 Å². The molecule has 0 unspecified atom stereocenters. The first-order chi connectivity index (χ1) is 17.5. The van der Waals surface area contributed by atoms with Crippen LogP contribution in [0.5, 0.6) is 11.5 Å². The van der Waals surface area contributed by atoms with Gasteiger partial charge in [-0.3, -0.25) is 13.9 Å². The SMILES string of the molecule is COc1ccc(N(CC(=O)N(Cc2ccc(C)cc2)[C@H](C)C(=O)NC2CCCC2)S(C)(=O)=O)c(OC)c1. The van der Waals surface area contributed by atoms with Gasteiger partial charge in [0.2, 0.25) is 21.8 Å². The minimum atomic E-state index is -3.88. The molecule has 9 nitrogen and oxygen atoms in total. The van der Waals surface area contributed by atoms with Gasteiger partial charge in [-0.15, -0.1) is 0 Å². The Labute approximate surface area is 219 Å². The normalized spacial score (nSPS) is 14.6. The summed E-state index contributed by atoms with van der Waals surface area (Å²) in [6.45, 7) is 3.32. The van der Waals surface area contributed by atoms with Gasteiger partial charge < -0.3 is 19.7 Å². The van der Waals surface area contributed by atoms with Crippen molar-refractivity contribution >= 4 is 27.5 Å². The Balaban J connectivity index is 1.92. The lowest BCUT2D eigenvalue weighted by molar-refractivity contribution is -0.139. The second-order valence-corrected chi connectivity index (χ2v) is 11.4. The van der Waals surface area contributed by atoms with Gasteiger partial charge in [0.15, 0.2) is 0 Å². The van der Waals surface area contributed by atoms with Crippen molar-refractivity contribution in [3.63, 3.8) is 0 Å². The molecule has 2 aromatic rings. The van der Waals surface area contributed by atoms with Crippen LogP contribution < -0.4 is 19.1 Å². The van der Waals surface area contributed by atoms with Crippen LogP contribution in [0.3, 0.4) is 0 Å².